The molecule has 0 aliphatic carbocycles. The zero-order valence-corrected chi connectivity index (χ0v) is 8.35. The van der Waals surface area contributed by atoms with Crippen molar-refractivity contribution in [3.63, 3.8) is 0 Å². The highest BCUT2D eigenvalue weighted by molar-refractivity contribution is 5.93. The average molecular weight is 238 g/mol. The number of nitrogens with two attached hydrogens (primary N) is 1. The first kappa shape index (κ1) is 10.9. The van der Waals surface area contributed by atoms with E-state index in [1.54, 1.807) is 0 Å². The van der Waals surface area contributed by atoms with Crippen molar-refractivity contribution in [1.29, 1.82) is 0 Å². The lowest BCUT2D eigenvalue weighted by molar-refractivity contribution is 0.0693. The number of nitrogens with zero attached hydrogens (tertiary/aromatic N) is 1. The predicted molar refractivity (Wildman–Crippen MR) is 54.9 cm³/mol. The van der Waals surface area contributed by atoms with Crippen LogP contribution in [0.2, 0.25) is 0 Å². The number of nitrogen functional groups attached to an aromatic ring is 1. The van der Waals surface area contributed by atoms with Crippen LogP contribution in [-0.2, 0) is 0 Å². The van der Waals surface area contributed by atoms with Crippen molar-refractivity contribution in [1.82, 2.24) is 5.16 Å². The Morgan fingerprint density at radius 2 is 2.18 bits per heavy atom. The molecule has 1 heterocycles. The minimum Gasteiger partial charge on any atom is -0.504 e. The molecule has 0 spiro atoms. The quantitative estimate of drug-likeness (QED) is 0.730. The monoisotopic (exact) mass is 238 g/mol. The van der Waals surface area contributed by atoms with Gasteiger partial charge in [-0.05, 0) is 17.7 Å². The summed E-state index contributed by atoms with van der Waals surface area (Å²) in [4.78, 5) is 10.8. The van der Waals surface area contributed by atoms with Gasteiger partial charge >= 0.3 is 5.97 Å². The third-order valence-electron chi connectivity index (χ3n) is 2.20. The SMILES string of the molecule is Nc1oncc1-c1cc(F)c(O)c(C(=O)O)c1. The maximum Gasteiger partial charge on any atom is 0.339 e. The molecule has 0 radical (unpaired) electrons. The van der Waals surface area contributed by atoms with Crippen LogP contribution in [0.4, 0.5) is 10.3 Å². The van der Waals surface area contributed by atoms with E-state index in [-0.39, 0.29) is 17.0 Å². The standard InChI is InChI=1S/C10H7FN2O4/c11-7-2-4(6-3-13-17-9(6)12)1-5(8(7)14)10(15)16/h1-3,14H,12H2,(H,15,16). The first-order chi connectivity index (χ1) is 8.00. The first-order valence-corrected chi connectivity index (χ1v) is 4.47. The van der Waals surface area contributed by atoms with Crippen LogP contribution in [0.15, 0.2) is 22.9 Å². The van der Waals surface area contributed by atoms with E-state index < -0.39 is 23.1 Å². The van der Waals surface area contributed by atoms with E-state index in [2.05, 4.69) is 9.68 Å². The highest BCUT2D eigenvalue weighted by Gasteiger charge is 2.18. The third-order valence-corrected chi connectivity index (χ3v) is 2.20. The van der Waals surface area contributed by atoms with Crippen LogP contribution >= 0.6 is 0 Å². The van der Waals surface area contributed by atoms with Gasteiger partial charge in [0.1, 0.15) is 5.56 Å². The van der Waals surface area contributed by atoms with Crippen molar-refractivity contribution in [3.8, 4) is 16.9 Å². The second-order valence-corrected chi connectivity index (χ2v) is 3.26. The van der Waals surface area contributed by atoms with Crippen LogP contribution in [0, 0.1) is 5.82 Å². The van der Waals surface area contributed by atoms with Crippen LogP contribution in [-0.4, -0.2) is 21.3 Å². The summed E-state index contributed by atoms with van der Waals surface area (Å²) in [6.07, 6.45) is 1.23. The molecule has 0 atom stereocenters. The van der Waals surface area contributed by atoms with Gasteiger partial charge in [-0.1, -0.05) is 5.16 Å². The van der Waals surface area contributed by atoms with E-state index in [1.807, 2.05) is 0 Å². The molecule has 7 heteroatoms. The number of hydrogen-bond donors (Lipinski definition) is 3. The average Bonchev–Trinajstić information content (AvgIpc) is 2.68. The molecule has 6 nitrogen and oxygen atoms in total. The summed E-state index contributed by atoms with van der Waals surface area (Å²) in [6, 6.07) is 2.04. The molecular weight excluding hydrogens is 231 g/mol. The summed E-state index contributed by atoms with van der Waals surface area (Å²) >= 11 is 0. The Morgan fingerprint density at radius 1 is 1.47 bits per heavy atom. The molecule has 0 amide bonds. The Balaban J connectivity index is 2.65. The van der Waals surface area contributed by atoms with Crippen LogP contribution in [0.25, 0.3) is 11.1 Å². The highest BCUT2D eigenvalue weighted by atomic mass is 19.1. The molecule has 2 rings (SSSR count). The summed E-state index contributed by atoms with van der Waals surface area (Å²) in [6.45, 7) is 0. The van der Waals surface area contributed by atoms with E-state index in [4.69, 9.17) is 10.8 Å². The van der Waals surface area contributed by atoms with E-state index in [0.29, 0.717) is 0 Å². The van der Waals surface area contributed by atoms with Gasteiger partial charge in [0.05, 0.1) is 11.8 Å². The van der Waals surface area contributed by atoms with E-state index in [1.165, 1.54) is 6.20 Å². The number of benzene rings is 1. The Bertz CT molecular complexity index is 594. The summed E-state index contributed by atoms with van der Waals surface area (Å²) in [5.41, 5.74) is 5.29. The molecule has 0 bridgehead atoms. The van der Waals surface area contributed by atoms with Gasteiger partial charge in [-0.25, -0.2) is 9.18 Å². The minimum absolute atomic E-state index is 0.0635. The number of carboxylic acid groups (broad SMARTS) is 1. The van der Waals surface area contributed by atoms with Crippen LogP contribution < -0.4 is 5.73 Å². The minimum atomic E-state index is -1.45. The van der Waals surface area contributed by atoms with E-state index in [0.717, 1.165) is 12.1 Å². The molecule has 88 valence electrons. The number of hydrogen-bond acceptors (Lipinski definition) is 5. The lowest BCUT2D eigenvalue weighted by atomic mass is 10.0. The maximum atomic E-state index is 13.3. The second-order valence-electron chi connectivity index (χ2n) is 3.26. The van der Waals surface area contributed by atoms with Crippen LogP contribution in [0.5, 0.6) is 5.75 Å². The summed E-state index contributed by atoms with van der Waals surface area (Å²) < 4.78 is 17.9. The smallest absolute Gasteiger partial charge is 0.339 e. The summed E-state index contributed by atoms with van der Waals surface area (Å²) in [7, 11) is 0. The Morgan fingerprint density at radius 3 is 2.71 bits per heavy atom. The van der Waals surface area contributed by atoms with Gasteiger partial charge in [0, 0.05) is 0 Å². The number of aromatic carboxylic acids is 1. The number of carbonyl (C=O) groups is 1. The number of rotatable bonds is 2. The summed E-state index contributed by atoms with van der Waals surface area (Å²) in [5, 5.41) is 21.4. The molecule has 17 heavy (non-hydrogen) atoms. The number of anilines is 1. The van der Waals surface area contributed by atoms with Gasteiger partial charge in [-0.15, -0.1) is 0 Å². The molecule has 0 saturated carbocycles. The lowest BCUT2D eigenvalue weighted by Crippen LogP contribution is -1.99. The topological polar surface area (TPSA) is 110 Å². The molecule has 4 N–H and O–H groups in total. The zero-order chi connectivity index (χ0) is 12.6. The molecule has 2 aromatic rings. The van der Waals surface area contributed by atoms with Crippen molar-refractivity contribution >= 4 is 11.9 Å². The molecule has 0 aliphatic heterocycles. The number of phenols is 1. The first-order valence-electron chi connectivity index (χ1n) is 4.47. The molecular formula is C10H7FN2O4. The number of carboxylic acids is 1. The normalized spacial score (nSPS) is 10.4. The molecule has 0 fully saturated rings. The van der Waals surface area contributed by atoms with Crippen molar-refractivity contribution in [2.24, 2.45) is 0 Å². The largest absolute Gasteiger partial charge is 0.504 e. The molecule has 0 unspecified atom stereocenters. The maximum absolute atomic E-state index is 13.3. The molecule has 1 aromatic heterocycles. The fourth-order valence-electron chi connectivity index (χ4n) is 1.38. The molecule has 0 aliphatic rings. The fraction of sp³-hybridized carbons (Fsp3) is 0. The van der Waals surface area contributed by atoms with Gasteiger partial charge < -0.3 is 20.5 Å². The number of halogens is 1. The van der Waals surface area contributed by atoms with Crippen LogP contribution in [0.1, 0.15) is 10.4 Å². The van der Waals surface area contributed by atoms with Crippen molar-refractivity contribution in [3.05, 3.63) is 29.7 Å². The van der Waals surface area contributed by atoms with E-state index in [9.17, 15) is 14.3 Å². The second kappa shape index (κ2) is 3.78. The highest BCUT2D eigenvalue weighted by Crippen LogP contribution is 2.31. The van der Waals surface area contributed by atoms with Gasteiger partial charge in [0.25, 0.3) is 0 Å². The van der Waals surface area contributed by atoms with Crippen molar-refractivity contribution < 1.29 is 23.9 Å². The van der Waals surface area contributed by atoms with Crippen molar-refractivity contribution in [2.45, 2.75) is 0 Å². The zero-order valence-electron chi connectivity index (χ0n) is 8.35. The summed E-state index contributed by atoms with van der Waals surface area (Å²) in [5.74, 6) is -3.48. The van der Waals surface area contributed by atoms with Gasteiger partial charge in [0.15, 0.2) is 11.6 Å². The molecule has 0 saturated heterocycles. The predicted octanol–water partition coefficient (Wildman–Crippen LogP) is 1.47. The fourth-order valence-corrected chi connectivity index (χ4v) is 1.38. The number of aromatic hydroxyl groups is 1. The Labute approximate surface area is 94.1 Å². The van der Waals surface area contributed by atoms with Gasteiger partial charge in [-0.3, -0.25) is 0 Å². The van der Waals surface area contributed by atoms with Gasteiger partial charge in [-0.2, -0.15) is 0 Å². The van der Waals surface area contributed by atoms with Crippen molar-refractivity contribution in [2.75, 3.05) is 5.73 Å². The third kappa shape index (κ3) is 1.78. The van der Waals surface area contributed by atoms with E-state index >= 15 is 0 Å². The molecule has 1 aromatic carbocycles. The van der Waals surface area contributed by atoms with Crippen LogP contribution in [0.3, 0.4) is 0 Å². The Kier molecular flexibility index (Phi) is 2.43. The number of aromatic nitrogens is 1. The Hall–Kier alpha value is -2.57. The lowest BCUT2D eigenvalue weighted by Gasteiger charge is -2.04. The van der Waals surface area contributed by atoms with Gasteiger partial charge in [0.2, 0.25) is 5.88 Å².